The number of pyridine rings is 1. The van der Waals surface area contributed by atoms with Gasteiger partial charge in [0.25, 0.3) is 5.91 Å². The Morgan fingerprint density at radius 1 is 1.38 bits per heavy atom. The van der Waals surface area contributed by atoms with E-state index in [0.717, 1.165) is 15.7 Å². The van der Waals surface area contributed by atoms with Crippen LogP contribution in [0.3, 0.4) is 0 Å². The molecule has 0 bridgehead atoms. The molecule has 5 heteroatoms. The summed E-state index contributed by atoms with van der Waals surface area (Å²) in [6, 6.07) is 9.67. The lowest BCUT2D eigenvalue weighted by Gasteiger charge is -2.23. The Labute approximate surface area is 133 Å². The zero-order valence-electron chi connectivity index (χ0n) is 12.4. The van der Waals surface area contributed by atoms with Crippen molar-refractivity contribution in [2.75, 3.05) is 23.8 Å². The Morgan fingerprint density at radius 2 is 2.10 bits per heavy atom. The summed E-state index contributed by atoms with van der Waals surface area (Å²) in [7, 11) is 1.76. The molecule has 0 saturated heterocycles. The first-order valence-corrected chi connectivity index (χ1v) is 7.58. The molecule has 4 nitrogen and oxygen atoms in total. The summed E-state index contributed by atoms with van der Waals surface area (Å²) in [6.45, 7) is 4.57. The van der Waals surface area contributed by atoms with Crippen molar-refractivity contribution >= 4 is 33.3 Å². The van der Waals surface area contributed by atoms with E-state index < -0.39 is 0 Å². The lowest BCUT2D eigenvalue weighted by molar-refractivity contribution is 0.0988. The van der Waals surface area contributed by atoms with Crippen LogP contribution in [0.25, 0.3) is 0 Å². The van der Waals surface area contributed by atoms with Gasteiger partial charge in [-0.2, -0.15) is 0 Å². The van der Waals surface area contributed by atoms with Crippen molar-refractivity contribution in [1.29, 1.82) is 0 Å². The monoisotopic (exact) mass is 347 g/mol. The fraction of sp³-hybridized carbons (Fsp3) is 0.250. The van der Waals surface area contributed by atoms with Gasteiger partial charge in [0.1, 0.15) is 5.82 Å². The number of aryl methyl sites for hydroxylation is 1. The minimum absolute atomic E-state index is 0.0649. The molecular formula is C16H18BrN3O. The van der Waals surface area contributed by atoms with Crippen LogP contribution in [0.1, 0.15) is 22.8 Å². The molecule has 0 saturated carbocycles. The molecule has 0 radical (unpaired) electrons. The summed E-state index contributed by atoms with van der Waals surface area (Å²) < 4.78 is 0.783. The van der Waals surface area contributed by atoms with Gasteiger partial charge in [-0.15, -0.1) is 0 Å². The second-order valence-corrected chi connectivity index (χ2v) is 5.55. The maximum absolute atomic E-state index is 12.9. The molecule has 0 spiro atoms. The summed E-state index contributed by atoms with van der Waals surface area (Å²) in [5.74, 6) is 0.514. The number of anilines is 2. The van der Waals surface area contributed by atoms with Crippen molar-refractivity contribution in [2.24, 2.45) is 0 Å². The van der Waals surface area contributed by atoms with E-state index >= 15 is 0 Å². The van der Waals surface area contributed by atoms with E-state index in [2.05, 4.69) is 26.2 Å². The van der Waals surface area contributed by atoms with Crippen LogP contribution in [-0.2, 0) is 0 Å². The molecule has 0 fully saturated rings. The second-order valence-electron chi connectivity index (χ2n) is 4.64. The third-order valence-electron chi connectivity index (χ3n) is 3.29. The van der Waals surface area contributed by atoms with Gasteiger partial charge in [0, 0.05) is 29.9 Å². The number of hydrogen-bond acceptors (Lipinski definition) is 3. The molecule has 1 aromatic heterocycles. The molecule has 2 aromatic rings. The van der Waals surface area contributed by atoms with Gasteiger partial charge in [0.15, 0.2) is 0 Å². The summed E-state index contributed by atoms with van der Waals surface area (Å²) in [5, 5.41) is 2.97. The zero-order valence-corrected chi connectivity index (χ0v) is 13.9. The zero-order chi connectivity index (χ0) is 15.4. The number of carbonyl (C=O) groups excluding carboxylic acids is 1. The number of benzene rings is 1. The van der Waals surface area contributed by atoms with E-state index in [1.54, 1.807) is 24.2 Å². The van der Waals surface area contributed by atoms with Gasteiger partial charge in [-0.05, 0) is 47.5 Å². The molecule has 0 unspecified atom stereocenters. The number of aromatic nitrogens is 1. The number of nitrogens with one attached hydrogen (secondary N) is 1. The van der Waals surface area contributed by atoms with E-state index in [9.17, 15) is 4.79 Å². The first-order chi connectivity index (χ1) is 10.1. The van der Waals surface area contributed by atoms with Crippen molar-refractivity contribution in [3.63, 3.8) is 0 Å². The van der Waals surface area contributed by atoms with Crippen molar-refractivity contribution in [3.8, 4) is 0 Å². The van der Waals surface area contributed by atoms with Gasteiger partial charge in [-0.3, -0.25) is 4.79 Å². The number of rotatable bonds is 4. The van der Waals surface area contributed by atoms with Crippen LogP contribution in [0.2, 0.25) is 0 Å². The Balaban J connectivity index is 2.46. The summed E-state index contributed by atoms with van der Waals surface area (Å²) >= 11 is 3.37. The van der Waals surface area contributed by atoms with Gasteiger partial charge < -0.3 is 10.2 Å². The molecular weight excluding hydrogens is 330 g/mol. The van der Waals surface area contributed by atoms with Crippen LogP contribution in [0.5, 0.6) is 0 Å². The number of amides is 1. The Kier molecular flexibility index (Phi) is 4.96. The third kappa shape index (κ3) is 3.24. The first-order valence-electron chi connectivity index (χ1n) is 6.79. The van der Waals surface area contributed by atoms with Gasteiger partial charge in [-0.25, -0.2) is 4.98 Å². The van der Waals surface area contributed by atoms with Crippen LogP contribution >= 0.6 is 15.9 Å². The smallest absolute Gasteiger partial charge is 0.262 e. The van der Waals surface area contributed by atoms with Gasteiger partial charge in [-0.1, -0.05) is 18.2 Å². The average Bonchev–Trinajstić information content (AvgIpc) is 2.49. The molecule has 1 N–H and O–H groups in total. The van der Waals surface area contributed by atoms with E-state index in [-0.39, 0.29) is 5.91 Å². The van der Waals surface area contributed by atoms with Crippen LogP contribution in [0.15, 0.2) is 41.0 Å². The number of halogens is 1. The molecule has 0 aliphatic heterocycles. The van der Waals surface area contributed by atoms with Gasteiger partial charge in [0.05, 0.1) is 5.56 Å². The predicted octanol–water partition coefficient (Wildman–Crippen LogP) is 3.86. The molecule has 0 aliphatic carbocycles. The van der Waals surface area contributed by atoms with E-state index in [4.69, 9.17) is 0 Å². The van der Waals surface area contributed by atoms with E-state index in [0.29, 0.717) is 17.9 Å². The average molecular weight is 348 g/mol. The fourth-order valence-corrected chi connectivity index (χ4v) is 2.57. The number of hydrogen-bond donors (Lipinski definition) is 1. The van der Waals surface area contributed by atoms with Crippen molar-refractivity contribution in [3.05, 3.63) is 52.1 Å². The normalized spacial score (nSPS) is 10.3. The Bertz CT molecular complexity index is 658. The molecule has 21 heavy (non-hydrogen) atoms. The van der Waals surface area contributed by atoms with Gasteiger partial charge >= 0.3 is 0 Å². The Hall–Kier alpha value is -1.88. The quantitative estimate of drug-likeness (QED) is 0.913. The predicted molar refractivity (Wildman–Crippen MR) is 90.0 cm³/mol. The second kappa shape index (κ2) is 6.72. The molecule has 1 amide bonds. The molecule has 110 valence electrons. The van der Waals surface area contributed by atoms with Crippen molar-refractivity contribution in [2.45, 2.75) is 13.8 Å². The van der Waals surface area contributed by atoms with E-state index in [1.165, 1.54) is 0 Å². The minimum atomic E-state index is -0.0649. The SMILES string of the molecule is CCN(C(=O)c1cc(Br)cnc1NC)c1ccccc1C. The standard InChI is InChI=1S/C16H18BrN3O/c1-4-20(14-8-6-5-7-11(14)2)16(21)13-9-12(17)10-19-15(13)18-3/h5-10H,4H2,1-3H3,(H,18,19). The van der Waals surface area contributed by atoms with Crippen molar-refractivity contribution < 1.29 is 4.79 Å². The van der Waals surface area contributed by atoms with Crippen LogP contribution in [0.4, 0.5) is 11.5 Å². The lowest BCUT2D eigenvalue weighted by Crippen LogP contribution is -2.32. The fourth-order valence-electron chi connectivity index (χ4n) is 2.24. The number of para-hydroxylation sites is 1. The van der Waals surface area contributed by atoms with E-state index in [1.807, 2.05) is 38.1 Å². The summed E-state index contributed by atoms with van der Waals surface area (Å²) in [4.78, 5) is 18.9. The van der Waals surface area contributed by atoms with Crippen LogP contribution in [-0.4, -0.2) is 24.5 Å². The topological polar surface area (TPSA) is 45.2 Å². The highest BCUT2D eigenvalue weighted by Crippen LogP contribution is 2.25. The third-order valence-corrected chi connectivity index (χ3v) is 3.72. The number of carbonyl (C=O) groups is 1. The number of nitrogens with zero attached hydrogens (tertiary/aromatic N) is 2. The maximum Gasteiger partial charge on any atom is 0.262 e. The molecule has 2 rings (SSSR count). The largest absolute Gasteiger partial charge is 0.372 e. The molecule has 1 heterocycles. The molecule has 1 aromatic carbocycles. The van der Waals surface area contributed by atoms with Crippen LogP contribution in [0, 0.1) is 6.92 Å². The maximum atomic E-state index is 12.9. The first kappa shape index (κ1) is 15.5. The summed E-state index contributed by atoms with van der Waals surface area (Å²) in [5.41, 5.74) is 2.55. The Morgan fingerprint density at radius 3 is 2.71 bits per heavy atom. The van der Waals surface area contributed by atoms with Gasteiger partial charge in [0.2, 0.25) is 0 Å². The molecule has 0 atom stereocenters. The van der Waals surface area contributed by atoms with Crippen molar-refractivity contribution in [1.82, 2.24) is 4.98 Å². The minimum Gasteiger partial charge on any atom is -0.372 e. The highest BCUT2D eigenvalue weighted by molar-refractivity contribution is 9.10. The highest BCUT2D eigenvalue weighted by atomic mass is 79.9. The molecule has 0 aliphatic rings. The summed E-state index contributed by atoms with van der Waals surface area (Å²) in [6.07, 6.45) is 1.67. The van der Waals surface area contributed by atoms with Crippen LogP contribution < -0.4 is 10.2 Å². The lowest BCUT2D eigenvalue weighted by atomic mass is 10.1. The highest BCUT2D eigenvalue weighted by Gasteiger charge is 2.21.